The second-order valence-corrected chi connectivity index (χ2v) is 3.81. The Balaban J connectivity index is 0.00000196. The molecular weight excluding hydrogens is 233 g/mol. The van der Waals surface area contributed by atoms with Crippen LogP contribution in [0.5, 0.6) is 0 Å². The van der Waals surface area contributed by atoms with Crippen molar-refractivity contribution in [2.24, 2.45) is 5.73 Å². The summed E-state index contributed by atoms with van der Waals surface area (Å²) in [4.78, 5) is 0. The van der Waals surface area contributed by atoms with E-state index >= 15 is 0 Å². The van der Waals surface area contributed by atoms with E-state index in [2.05, 4.69) is 0 Å². The van der Waals surface area contributed by atoms with Gasteiger partial charge >= 0.3 is 0 Å². The molecule has 0 radical (unpaired) electrons. The molecule has 1 aromatic carbocycles. The van der Waals surface area contributed by atoms with Gasteiger partial charge in [-0.2, -0.15) is 0 Å². The van der Waals surface area contributed by atoms with Crippen molar-refractivity contribution in [1.29, 1.82) is 0 Å². The molecule has 0 aliphatic carbocycles. The normalized spacial score (nSPS) is 14.1. The average molecular weight is 250 g/mol. The molecule has 0 bridgehead atoms. The van der Waals surface area contributed by atoms with E-state index in [0.717, 1.165) is 12.0 Å². The van der Waals surface area contributed by atoms with Gasteiger partial charge in [0.25, 0.3) is 0 Å². The molecule has 4 heteroatoms. The molecule has 0 aliphatic heterocycles. The summed E-state index contributed by atoms with van der Waals surface area (Å²) in [6.07, 6.45) is 1.10. The Bertz CT molecular complexity index is 294. The van der Waals surface area contributed by atoms with E-state index in [1.54, 1.807) is 6.07 Å². The van der Waals surface area contributed by atoms with Crippen molar-refractivity contribution in [3.05, 3.63) is 34.9 Å². The van der Waals surface area contributed by atoms with Crippen LogP contribution in [0.3, 0.4) is 0 Å². The van der Waals surface area contributed by atoms with Gasteiger partial charge in [-0.3, -0.25) is 0 Å². The van der Waals surface area contributed by atoms with Crippen LogP contribution in [0, 0.1) is 0 Å². The number of hydrogen-bond donors (Lipinski definition) is 2. The maximum absolute atomic E-state index is 9.71. The first-order chi connectivity index (χ1) is 6.66. The van der Waals surface area contributed by atoms with Crippen molar-refractivity contribution in [3.63, 3.8) is 0 Å². The zero-order chi connectivity index (χ0) is 10.6. The van der Waals surface area contributed by atoms with Gasteiger partial charge in [0.05, 0.1) is 12.1 Å². The van der Waals surface area contributed by atoms with Crippen LogP contribution in [0.15, 0.2) is 24.3 Å². The molecule has 2 nitrogen and oxygen atoms in total. The van der Waals surface area contributed by atoms with Gasteiger partial charge in [-0.15, -0.1) is 12.4 Å². The lowest BCUT2D eigenvalue weighted by Gasteiger charge is -2.19. The monoisotopic (exact) mass is 249 g/mol. The highest BCUT2D eigenvalue weighted by molar-refractivity contribution is 6.31. The summed E-state index contributed by atoms with van der Waals surface area (Å²) in [5, 5.41) is 10.3. The van der Waals surface area contributed by atoms with E-state index in [1.807, 2.05) is 25.1 Å². The fraction of sp³-hybridized carbons (Fsp3) is 0.455. The highest BCUT2D eigenvalue weighted by Gasteiger charge is 2.17. The van der Waals surface area contributed by atoms with Gasteiger partial charge in [0.1, 0.15) is 0 Å². The molecule has 0 spiro atoms. The molecule has 0 aliphatic rings. The molecule has 3 N–H and O–H groups in total. The van der Waals surface area contributed by atoms with Crippen LogP contribution < -0.4 is 5.73 Å². The molecule has 0 saturated carbocycles. The fourth-order valence-electron chi connectivity index (χ4n) is 1.43. The van der Waals surface area contributed by atoms with Crippen molar-refractivity contribution in [2.45, 2.75) is 31.9 Å². The molecule has 0 saturated heterocycles. The second-order valence-electron chi connectivity index (χ2n) is 3.40. The molecule has 0 aromatic heterocycles. The summed E-state index contributed by atoms with van der Waals surface area (Å²) >= 11 is 5.97. The zero-order valence-electron chi connectivity index (χ0n) is 8.69. The van der Waals surface area contributed by atoms with Crippen molar-refractivity contribution in [2.75, 3.05) is 0 Å². The summed E-state index contributed by atoms with van der Waals surface area (Å²) in [5.74, 6) is 0. The lowest BCUT2D eigenvalue weighted by atomic mass is 9.99. The third kappa shape index (κ3) is 3.99. The second kappa shape index (κ2) is 7.07. The van der Waals surface area contributed by atoms with Crippen molar-refractivity contribution >= 4 is 24.0 Å². The number of hydrogen-bond acceptors (Lipinski definition) is 2. The van der Waals surface area contributed by atoms with Gasteiger partial charge in [0.2, 0.25) is 0 Å². The Hall–Kier alpha value is -0.280. The van der Waals surface area contributed by atoms with Crippen LogP contribution in [-0.2, 0) is 0 Å². The van der Waals surface area contributed by atoms with Crippen LogP contribution in [0.2, 0.25) is 5.02 Å². The van der Waals surface area contributed by atoms with Gasteiger partial charge < -0.3 is 10.8 Å². The maximum Gasteiger partial charge on any atom is 0.0733 e. The van der Waals surface area contributed by atoms with Crippen LogP contribution in [0.4, 0.5) is 0 Å². The standard InChI is InChI=1S/C11H16ClNO.ClH/c1-2-5-10(14)11(13)8-6-3-4-7-9(8)12;/h3-4,6-7,10-11,14H,2,5,13H2,1H3;1H/t10-,11+;/m0./s1. The van der Waals surface area contributed by atoms with E-state index in [1.165, 1.54) is 0 Å². The van der Waals surface area contributed by atoms with Gasteiger partial charge in [-0.1, -0.05) is 43.1 Å². The first-order valence-corrected chi connectivity index (χ1v) is 5.22. The Labute approximate surface area is 102 Å². The number of rotatable bonds is 4. The summed E-state index contributed by atoms with van der Waals surface area (Å²) < 4.78 is 0. The lowest BCUT2D eigenvalue weighted by Crippen LogP contribution is -2.26. The Morgan fingerprint density at radius 3 is 2.53 bits per heavy atom. The first-order valence-electron chi connectivity index (χ1n) is 4.85. The SMILES string of the molecule is CCC[C@H](O)[C@H](N)c1ccccc1Cl.Cl. The van der Waals surface area contributed by atoms with E-state index in [4.69, 9.17) is 17.3 Å². The third-order valence-corrected chi connectivity index (χ3v) is 2.61. The number of halogens is 2. The van der Waals surface area contributed by atoms with Crippen LogP contribution in [-0.4, -0.2) is 11.2 Å². The predicted molar refractivity (Wildman–Crippen MR) is 66.5 cm³/mol. The number of benzene rings is 1. The Morgan fingerprint density at radius 1 is 1.40 bits per heavy atom. The molecule has 0 fully saturated rings. The summed E-state index contributed by atoms with van der Waals surface area (Å²) in [6, 6.07) is 6.98. The molecule has 1 rings (SSSR count). The van der Waals surface area contributed by atoms with E-state index in [-0.39, 0.29) is 18.4 Å². The predicted octanol–water partition coefficient (Wildman–Crippen LogP) is 2.92. The quantitative estimate of drug-likeness (QED) is 0.863. The summed E-state index contributed by atoms with van der Waals surface area (Å²) in [6.45, 7) is 2.02. The maximum atomic E-state index is 9.71. The molecule has 0 heterocycles. The van der Waals surface area contributed by atoms with Crippen LogP contribution in [0.25, 0.3) is 0 Å². The minimum absolute atomic E-state index is 0. The van der Waals surface area contributed by atoms with Crippen LogP contribution in [0.1, 0.15) is 31.4 Å². The molecule has 1 aromatic rings. The molecule has 86 valence electrons. The molecule has 15 heavy (non-hydrogen) atoms. The van der Waals surface area contributed by atoms with Gasteiger partial charge in [0, 0.05) is 5.02 Å². The molecule has 0 amide bonds. The number of nitrogens with two attached hydrogens (primary N) is 1. The largest absolute Gasteiger partial charge is 0.391 e. The smallest absolute Gasteiger partial charge is 0.0733 e. The third-order valence-electron chi connectivity index (χ3n) is 2.26. The van der Waals surface area contributed by atoms with Crippen molar-refractivity contribution in [3.8, 4) is 0 Å². The highest BCUT2D eigenvalue weighted by atomic mass is 35.5. The van der Waals surface area contributed by atoms with E-state index in [9.17, 15) is 5.11 Å². The molecular formula is C11H17Cl2NO. The highest BCUT2D eigenvalue weighted by Crippen LogP contribution is 2.24. The Kier molecular flexibility index (Phi) is 6.94. The van der Waals surface area contributed by atoms with E-state index in [0.29, 0.717) is 11.4 Å². The minimum atomic E-state index is -0.514. The fourth-order valence-corrected chi connectivity index (χ4v) is 1.69. The van der Waals surface area contributed by atoms with Crippen molar-refractivity contribution in [1.82, 2.24) is 0 Å². The molecule has 2 atom stereocenters. The molecule has 0 unspecified atom stereocenters. The topological polar surface area (TPSA) is 46.2 Å². The van der Waals surface area contributed by atoms with Gasteiger partial charge in [0.15, 0.2) is 0 Å². The van der Waals surface area contributed by atoms with Gasteiger partial charge in [-0.25, -0.2) is 0 Å². The number of aliphatic hydroxyl groups excluding tert-OH is 1. The van der Waals surface area contributed by atoms with Crippen molar-refractivity contribution < 1.29 is 5.11 Å². The van der Waals surface area contributed by atoms with Gasteiger partial charge in [-0.05, 0) is 18.1 Å². The summed E-state index contributed by atoms with van der Waals surface area (Å²) in [5.41, 5.74) is 6.71. The summed E-state index contributed by atoms with van der Waals surface area (Å²) in [7, 11) is 0. The average Bonchev–Trinajstić information content (AvgIpc) is 2.18. The van der Waals surface area contributed by atoms with E-state index < -0.39 is 6.10 Å². The Morgan fingerprint density at radius 2 is 2.00 bits per heavy atom. The zero-order valence-corrected chi connectivity index (χ0v) is 10.3. The minimum Gasteiger partial charge on any atom is -0.391 e. The lowest BCUT2D eigenvalue weighted by molar-refractivity contribution is 0.134. The van der Waals surface area contributed by atoms with Crippen LogP contribution >= 0.6 is 24.0 Å². The first kappa shape index (κ1) is 14.7. The number of aliphatic hydroxyl groups is 1.